The molecular weight excluding hydrogens is 477 g/mol. The molecule has 2 aliphatic rings. The highest BCUT2D eigenvalue weighted by atomic mass is 32.1. The van der Waals surface area contributed by atoms with Crippen molar-refractivity contribution in [3.63, 3.8) is 0 Å². The van der Waals surface area contributed by atoms with Gasteiger partial charge >= 0.3 is 0 Å². The van der Waals surface area contributed by atoms with Crippen LogP contribution < -0.4 is 15.1 Å². The van der Waals surface area contributed by atoms with Crippen molar-refractivity contribution >= 4 is 58.2 Å². The molecule has 0 radical (unpaired) electrons. The number of piperazine rings is 1. The molecule has 4 rings (SSSR count). The Balaban J connectivity index is 1.76. The Morgan fingerprint density at radius 3 is 2.43 bits per heavy atom. The molecule has 1 N–H and O–H groups in total. The lowest BCUT2D eigenvalue weighted by atomic mass is 10.0. The quantitative estimate of drug-likeness (QED) is 0.226. The van der Waals surface area contributed by atoms with Gasteiger partial charge in [0, 0.05) is 56.5 Å². The molecule has 35 heavy (non-hydrogen) atoms. The smallest absolute Gasteiger partial charge is 0.270 e. The van der Waals surface area contributed by atoms with Gasteiger partial charge in [0.15, 0.2) is 5.11 Å². The number of hydrogen-bond donors (Lipinski definition) is 1. The summed E-state index contributed by atoms with van der Waals surface area (Å²) in [5, 5.41) is 13.5. The molecule has 0 aliphatic carbocycles. The van der Waals surface area contributed by atoms with Crippen molar-refractivity contribution in [2.24, 2.45) is 0 Å². The number of nitro benzene ring substituents is 1. The van der Waals surface area contributed by atoms with Crippen molar-refractivity contribution in [3.8, 4) is 0 Å². The van der Waals surface area contributed by atoms with E-state index in [9.17, 15) is 28.9 Å². The third-order valence-corrected chi connectivity index (χ3v) is 6.07. The van der Waals surface area contributed by atoms with E-state index >= 15 is 0 Å². The highest BCUT2D eigenvalue weighted by molar-refractivity contribution is 7.80. The number of hydrogen-bond acceptors (Lipinski definition) is 7. The summed E-state index contributed by atoms with van der Waals surface area (Å²) < 4.78 is 14.4. The minimum atomic E-state index is -0.859. The first kappa shape index (κ1) is 24.0. The van der Waals surface area contributed by atoms with Crippen molar-refractivity contribution in [1.29, 1.82) is 0 Å². The van der Waals surface area contributed by atoms with Crippen LogP contribution in [0.3, 0.4) is 0 Å². The first-order chi connectivity index (χ1) is 16.7. The molecule has 0 unspecified atom stereocenters. The number of anilines is 2. The number of nitro groups is 1. The van der Waals surface area contributed by atoms with Crippen LogP contribution in [0.2, 0.25) is 0 Å². The molecule has 12 heteroatoms. The lowest BCUT2D eigenvalue weighted by molar-refractivity contribution is -0.384. The number of nitrogens with one attached hydrogen (secondary N) is 1. The standard InChI is InChI=1S/C23H20FN5O5S/c1-14(30)26-8-10-27(11-9-26)19-7-6-16(29(33)34)12-15(19)13-17-21(31)25-23(35)28(22(17)32)20-5-3-2-4-18(20)24/h2-7,12-13H,8-11H2,1H3,(H,25,31,35)/b17-13-. The van der Waals surface area contributed by atoms with E-state index in [0.717, 1.165) is 11.0 Å². The second-order valence-electron chi connectivity index (χ2n) is 7.90. The fourth-order valence-corrected chi connectivity index (χ4v) is 4.26. The van der Waals surface area contributed by atoms with Crippen molar-refractivity contribution < 1.29 is 23.7 Å². The van der Waals surface area contributed by atoms with E-state index in [1.165, 1.54) is 43.3 Å². The molecule has 2 aromatic rings. The first-order valence-electron chi connectivity index (χ1n) is 10.6. The molecule has 2 saturated heterocycles. The topological polar surface area (TPSA) is 116 Å². The van der Waals surface area contributed by atoms with E-state index < -0.39 is 22.6 Å². The number of thiocarbonyl (C=S) groups is 1. The molecule has 2 aromatic carbocycles. The van der Waals surface area contributed by atoms with Crippen LogP contribution in [0, 0.1) is 15.9 Å². The number of amides is 3. The molecule has 2 fully saturated rings. The Labute approximate surface area is 204 Å². The summed E-state index contributed by atoms with van der Waals surface area (Å²) in [6, 6.07) is 9.61. The highest BCUT2D eigenvalue weighted by Gasteiger charge is 2.36. The zero-order valence-electron chi connectivity index (χ0n) is 18.6. The zero-order chi connectivity index (χ0) is 25.3. The molecule has 0 saturated carbocycles. The van der Waals surface area contributed by atoms with E-state index in [0.29, 0.717) is 31.9 Å². The summed E-state index contributed by atoms with van der Waals surface area (Å²) in [5.41, 5.74) is 0.0971. The van der Waals surface area contributed by atoms with Gasteiger partial charge in [0.25, 0.3) is 17.5 Å². The van der Waals surface area contributed by atoms with Gasteiger partial charge in [-0.25, -0.2) is 9.29 Å². The van der Waals surface area contributed by atoms with Gasteiger partial charge in [-0.2, -0.15) is 0 Å². The zero-order valence-corrected chi connectivity index (χ0v) is 19.4. The summed E-state index contributed by atoms with van der Waals surface area (Å²) in [4.78, 5) is 53.0. The second-order valence-corrected chi connectivity index (χ2v) is 8.29. The summed E-state index contributed by atoms with van der Waals surface area (Å²) in [7, 11) is 0. The molecule has 0 spiro atoms. The van der Waals surface area contributed by atoms with Gasteiger partial charge in [-0.05, 0) is 36.5 Å². The average molecular weight is 498 g/mol. The van der Waals surface area contributed by atoms with Crippen molar-refractivity contribution in [2.75, 3.05) is 36.0 Å². The Morgan fingerprint density at radius 1 is 1.11 bits per heavy atom. The number of carbonyl (C=O) groups is 3. The molecule has 180 valence electrons. The van der Waals surface area contributed by atoms with E-state index in [1.54, 1.807) is 11.0 Å². The molecule has 0 bridgehead atoms. The van der Waals surface area contributed by atoms with Crippen molar-refractivity contribution in [3.05, 3.63) is 69.5 Å². The number of nitrogens with zero attached hydrogens (tertiary/aromatic N) is 4. The van der Waals surface area contributed by atoms with Crippen LogP contribution in [-0.4, -0.2) is 58.8 Å². The van der Waals surface area contributed by atoms with E-state index in [4.69, 9.17) is 12.2 Å². The average Bonchev–Trinajstić information content (AvgIpc) is 2.82. The lowest BCUT2D eigenvalue weighted by Crippen LogP contribution is -2.54. The number of non-ortho nitro benzene ring substituents is 1. The van der Waals surface area contributed by atoms with E-state index in [2.05, 4.69) is 5.32 Å². The van der Waals surface area contributed by atoms with Crippen molar-refractivity contribution in [1.82, 2.24) is 10.2 Å². The predicted molar refractivity (Wildman–Crippen MR) is 130 cm³/mol. The van der Waals surface area contributed by atoms with Crippen LogP contribution in [0.15, 0.2) is 48.0 Å². The number of rotatable bonds is 4. The Hall–Kier alpha value is -4.19. The van der Waals surface area contributed by atoms with Gasteiger partial charge in [0.2, 0.25) is 5.91 Å². The summed E-state index contributed by atoms with van der Waals surface area (Å²) in [6.07, 6.45) is 1.24. The normalized spacial score (nSPS) is 17.6. The fourth-order valence-electron chi connectivity index (χ4n) is 3.99. The van der Waals surface area contributed by atoms with Crippen LogP contribution >= 0.6 is 12.2 Å². The van der Waals surface area contributed by atoms with Crippen LogP contribution in [0.25, 0.3) is 6.08 Å². The lowest BCUT2D eigenvalue weighted by Gasteiger charge is -2.36. The van der Waals surface area contributed by atoms with Gasteiger partial charge in [0.1, 0.15) is 11.4 Å². The highest BCUT2D eigenvalue weighted by Crippen LogP contribution is 2.31. The maximum Gasteiger partial charge on any atom is 0.270 e. The summed E-state index contributed by atoms with van der Waals surface area (Å²) in [5.74, 6) is -2.42. The Bertz CT molecular complexity index is 1290. The summed E-state index contributed by atoms with van der Waals surface area (Å²) >= 11 is 5.11. The Kier molecular flexibility index (Phi) is 6.56. The number of carbonyl (C=O) groups excluding carboxylic acids is 3. The predicted octanol–water partition coefficient (Wildman–Crippen LogP) is 2.23. The first-order valence-corrected chi connectivity index (χ1v) is 11.0. The summed E-state index contributed by atoms with van der Waals surface area (Å²) in [6.45, 7) is 3.31. The monoisotopic (exact) mass is 497 g/mol. The minimum absolute atomic E-state index is 0.0515. The van der Waals surface area contributed by atoms with Gasteiger partial charge in [-0.15, -0.1) is 0 Å². The van der Waals surface area contributed by atoms with Gasteiger partial charge in [0.05, 0.1) is 10.6 Å². The molecular formula is C23H20FN5O5S. The minimum Gasteiger partial charge on any atom is -0.367 e. The number of para-hydroxylation sites is 1. The van der Waals surface area contributed by atoms with Crippen molar-refractivity contribution in [2.45, 2.75) is 6.92 Å². The molecule has 2 aliphatic heterocycles. The second kappa shape index (κ2) is 9.58. The largest absolute Gasteiger partial charge is 0.367 e. The van der Waals surface area contributed by atoms with E-state index in [-0.39, 0.29) is 33.5 Å². The molecule has 0 aromatic heterocycles. The van der Waals surface area contributed by atoms with Crippen LogP contribution in [0.5, 0.6) is 0 Å². The van der Waals surface area contributed by atoms with Crippen LogP contribution in [0.4, 0.5) is 21.5 Å². The molecule has 3 amide bonds. The molecule has 0 atom stereocenters. The maximum absolute atomic E-state index is 14.4. The third-order valence-electron chi connectivity index (χ3n) is 5.78. The van der Waals surface area contributed by atoms with E-state index in [1.807, 2.05) is 4.90 Å². The fraction of sp³-hybridized carbons (Fsp3) is 0.217. The van der Waals surface area contributed by atoms with Gasteiger partial charge in [-0.3, -0.25) is 29.8 Å². The SMILES string of the molecule is CC(=O)N1CCN(c2ccc([N+](=O)[O-])cc2/C=C2/C(=O)NC(=S)N(c3ccccc3F)C2=O)CC1. The van der Waals surface area contributed by atoms with Crippen LogP contribution in [-0.2, 0) is 14.4 Å². The Morgan fingerprint density at radius 2 is 1.80 bits per heavy atom. The third kappa shape index (κ3) is 4.73. The molecule has 2 heterocycles. The van der Waals surface area contributed by atoms with Gasteiger partial charge < -0.3 is 9.80 Å². The molecule has 10 nitrogen and oxygen atoms in total. The van der Waals surface area contributed by atoms with Gasteiger partial charge in [-0.1, -0.05) is 12.1 Å². The number of halogens is 1. The van der Waals surface area contributed by atoms with Crippen LogP contribution in [0.1, 0.15) is 12.5 Å². The number of benzene rings is 2. The maximum atomic E-state index is 14.4.